The normalized spacial score (nSPS) is 15.9. The lowest BCUT2D eigenvalue weighted by Gasteiger charge is -2.37. The van der Waals surface area contributed by atoms with Crippen LogP contribution in [-0.2, 0) is 4.74 Å². The van der Waals surface area contributed by atoms with E-state index in [1.807, 2.05) is 12.1 Å². The number of benzene rings is 1. The largest absolute Gasteiger partial charge is 0.380 e. The fraction of sp³-hybridized carbons (Fsp3) is 0.333. The van der Waals surface area contributed by atoms with Gasteiger partial charge >= 0.3 is 6.03 Å². The molecule has 2 heterocycles. The molecular weight excluding hydrogens is 306 g/mol. The molecule has 2 aromatic rings. The molecule has 2 amide bonds. The first kappa shape index (κ1) is 14.9. The van der Waals surface area contributed by atoms with Crippen LogP contribution in [0.3, 0.4) is 0 Å². The minimum Gasteiger partial charge on any atom is -0.380 e. The third kappa shape index (κ3) is 3.40. The molecule has 0 radical (unpaired) electrons. The van der Waals surface area contributed by atoms with Crippen molar-refractivity contribution in [3.63, 3.8) is 0 Å². The Labute approximate surface area is 132 Å². The number of hydrogen-bond acceptors (Lipinski definition) is 4. The van der Waals surface area contributed by atoms with Gasteiger partial charge in [0.1, 0.15) is 0 Å². The topological polar surface area (TPSA) is 76.4 Å². The van der Waals surface area contributed by atoms with Gasteiger partial charge in [0.25, 0.3) is 0 Å². The van der Waals surface area contributed by atoms with Crippen molar-refractivity contribution in [2.75, 3.05) is 25.1 Å². The Kier molecular flexibility index (Phi) is 4.04. The number of anilines is 1. The van der Waals surface area contributed by atoms with Gasteiger partial charge in [0.2, 0.25) is 0 Å². The molecule has 22 heavy (non-hydrogen) atoms. The van der Waals surface area contributed by atoms with Crippen molar-refractivity contribution in [1.82, 2.24) is 10.5 Å². The zero-order valence-electron chi connectivity index (χ0n) is 12.1. The number of carbonyl (C=O) groups is 1. The van der Waals surface area contributed by atoms with E-state index in [1.54, 1.807) is 18.2 Å². The van der Waals surface area contributed by atoms with E-state index in [9.17, 15) is 4.79 Å². The van der Waals surface area contributed by atoms with E-state index in [0.29, 0.717) is 36.4 Å². The molecule has 3 rings (SSSR count). The fourth-order valence-electron chi connectivity index (χ4n) is 2.12. The summed E-state index contributed by atoms with van der Waals surface area (Å²) >= 11 is 5.94. The molecule has 1 aromatic carbocycles. The van der Waals surface area contributed by atoms with Crippen LogP contribution >= 0.6 is 11.6 Å². The molecule has 116 valence electrons. The fourth-order valence-corrected chi connectivity index (χ4v) is 2.31. The molecule has 1 aliphatic heterocycles. The molecule has 6 nitrogen and oxygen atoms in total. The van der Waals surface area contributed by atoms with Gasteiger partial charge in [-0.15, -0.1) is 0 Å². The summed E-state index contributed by atoms with van der Waals surface area (Å²) in [5, 5.41) is 9.87. The van der Waals surface area contributed by atoms with Crippen LogP contribution in [0.1, 0.15) is 6.92 Å². The van der Waals surface area contributed by atoms with Crippen molar-refractivity contribution in [1.29, 1.82) is 0 Å². The first-order valence-electron chi connectivity index (χ1n) is 6.89. The van der Waals surface area contributed by atoms with Gasteiger partial charge in [-0.1, -0.05) is 35.8 Å². The van der Waals surface area contributed by atoms with Crippen LogP contribution < -0.4 is 10.6 Å². The third-order valence-corrected chi connectivity index (χ3v) is 3.67. The van der Waals surface area contributed by atoms with Gasteiger partial charge in [-0.25, -0.2) is 4.79 Å². The Hall–Kier alpha value is -2.05. The Morgan fingerprint density at radius 1 is 1.41 bits per heavy atom. The first-order valence-corrected chi connectivity index (χ1v) is 7.27. The SMILES string of the molecule is CC1(CNC(=O)Nc2cc(-c3cccc(Cl)c3)on2)COC1. The van der Waals surface area contributed by atoms with Crippen molar-refractivity contribution in [3.05, 3.63) is 35.4 Å². The summed E-state index contributed by atoms with van der Waals surface area (Å²) in [6, 6.07) is 8.55. The highest BCUT2D eigenvalue weighted by Crippen LogP contribution is 2.26. The Balaban J connectivity index is 1.58. The summed E-state index contributed by atoms with van der Waals surface area (Å²) in [5.41, 5.74) is 0.820. The van der Waals surface area contributed by atoms with E-state index < -0.39 is 0 Å². The van der Waals surface area contributed by atoms with Crippen molar-refractivity contribution >= 4 is 23.4 Å². The summed E-state index contributed by atoms with van der Waals surface area (Å²) in [6.45, 7) is 3.94. The third-order valence-electron chi connectivity index (χ3n) is 3.44. The molecule has 1 saturated heterocycles. The first-order chi connectivity index (χ1) is 10.5. The van der Waals surface area contributed by atoms with Crippen LogP contribution in [-0.4, -0.2) is 30.9 Å². The van der Waals surface area contributed by atoms with Gasteiger partial charge in [-0.3, -0.25) is 5.32 Å². The average molecular weight is 322 g/mol. The van der Waals surface area contributed by atoms with Crippen molar-refractivity contribution in [2.45, 2.75) is 6.92 Å². The highest BCUT2D eigenvalue weighted by Gasteiger charge is 2.33. The number of nitrogens with one attached hydrogen (secondary N) is 2. The molecule has 0 saturated carbocycles. The molecule has 0 spiro atoms. The Bertz CT molecular complexity index is 682. The predicted octanol–water partition coefficient (Wildman–Crippen LogP) is 3.15. The monoisotopic (exact) mass is 321 g/mol. The molecule has 0 aliphatic carbocycles. The average Bonchev–Trinajstić information content (AvgIpc) is 2.91. The number of aromatic nitrogens is 1. The van der Waals surface area contributed by atoms with Crippen molar-refractivity contribution < 1.29 is 14.1 Å². The summed E-state index contributed by atoms with van der Waals surface area (Å²) in [6.07, 6.45) is 0. The highest BCUT2D eigenvalue weighted by molar-refractivity contribution is 6.30. The van der Waals surface area contributed by atoms with Gasteiger partial charge in [-0.05, 0) is 12.1 Å². The van der Waals surface area contributed by atoms with Crippen LogP contribution in [0.15, 0.2) is 34.9 Å². The van der Waals surface area contributed by atoms with Crippen molar-refractivity contribution in [3.8, 4) is 11.3 Å². The molecule has 0 bridgehead atoms. The van der Waals surface area contributed by atoms with Crippen LogP contribution in [0.2, 0.25) is 5.02 Å². The number of carbonyl (C=O) groups excluding carboxylic acids is 1. The van der Waals surface area contributed by atoms with Crippen molar-refractivity contribution in [2.24, 2.45) is 5.41 Å². The molecule has 1 fully saturated rings. The van der Waals surface area contributed by atoms with Gasteiger partial charge in [0.05, 0.1) is 13.2 Å². The van der Waals surface area contributed by atoms with Crippen LogP contribution in [0.25, 0.3) is 11.3 Å². The van der Waals surface area contributed by atoms with E-state index in [2.05, 4.69) is 22.7 Å². The number of urea groups is 1. The molecule has 1 aromatic heterocycles. The molecule has 1 aliphatic rings. The Morgan fingerprint density at radius 3 is 2.91 bits per heavy atom. The second-order valence-corrected chi connectivity index (χ2v) is 6.13. The molecular formula is C15H16ClN3O3. The van der Waals surface area contributed by atoms with E-state index in [1.165, 1.54) is 0 Å². The maximum Gasteiger partial charge on any atom is 0.320 e. The quantitative estimate of drug-likeness (QED) is 0.907. The predicted molar refractivity (Wildman–Crippen MR) is 82.9 cm³/mol. The number of ether oxygens (including phenoxy) is 1. The second-order valence-electron chi connectivity index (χ2n) is 5.70. The number of amides is 2. The minimum absolute atomic E-state index is 0.0209. The highest BCUT2D eigenvalue weighted by atomic mass is 35.5. The van der Waals surface area contributed by atoms with Gasteiger partial charge < -0.3 is 14.6 Å². The minimum atomic E-state index is -0.320. The Morgan fingerprint density at radius 2 is 2.23 bits per heavy atom. The van der Waals surface area contributed by atoms with E-state index >= 15 is 0 Å². The standard InChI is InChI=1S/C15H16ClN3O3/c1-15(8-21-9-15)7-17-14(20)18-13-6-12(22-19-13)10-3-2-4-11(16)5-10/h2-6H,7-9H2,1H3,(H2,17,18,19,20). The number of halogens is 1. The number of rotatable bonds is 4. The summed E-state index contributed by atoms with van der Waals surface area (Å²) in [4.78, 5) is 11.8. The number of nitrogens with zero attached hydrogens (tertiary/aromatic N) is 1. The zero-order valence-corrected chi connectivity index (χ0v) is 12.8. The van der Waals surface area contributed by atoms with Gasteiger partial charge in [-0.2, -0.15) is 0 Å². The molecule has 0 atom stereocenters. The maximum atomic E-state index is 11.8. The van der Waals surface area contributed by atoms with E-state index in [4.69, 9.17) is 20.9 Å². The summed E-state index contributed by atoms with van der Waals surface area (Å²) in [5.74, 6) is 0.889. The maximum absolute atomic E-state index is 11.8. The lowest BCUT2D eigenvalue weighted by Crippen LogP contribution is -2.49. The summed E-state index contributed by atoms with van der Waals surface area (Å²) in [7, 11) is 0. The smallest absolute Gasteiger partial charge is 0.320 e. The molecule has 2 N–H and O–H groups in total. The molecule has 0 unspecified atom stereocenters. The lowest BCUT2D eigenvalue weighted by molar-refractivity contribution is -0.0974. The number of hydrogen-bond donors (Lipinski definition) is 2. The van der Waals surface area contributed by atoms with Crippen LogP contribution in [0, 0.1) is 5.41 Å². The second kappa shape index (κ2) is 5.98. The van der Waals surface area contributed by atoms with E-state index in [0.717, 1.165) is 5.56 Å². The molecule has 7 heteroatoms. The lowest BCUT2D eigenvalue weighted by atomic mass is 9.89. The van der Waals surface area contributed by atoms with Crippen LogP contribution in [0.5, 0.6) is 0 Å². The summed E-state index contributed by atoms with van der Waals surface area (Å²) < 4.78 is 10.4. The van der Waals surface area contributed by atoms with Crippen LogP contribution in [0.4, 0.5) is 10.6 Å². The van der Waals surface area contributed by atoms with Gasteiger partial charge in [0.15, 0.2) is 11.6 Å². The zero-order chi connectivity index (χ0) is 15.6. The van der Waals surface area contributed by atoms with E-state index in [-0.39, 0.29) is 11.4 Å². The van der Waals surface area contributed by atoms with Gasteiger partial charge in [0, 0.05) is 28.6 Å².